The zero-order valence-corrected chi connectivity index (χ0v) is 23.9. The summed E-state index contributed by atoms with van der Waals surface area (Å²) in [5.74, 6) is -0.464. The van der Waals surface area contributed by atoms with E-state index in [1.807, 2.05) is 30.3 Å². The molecule has 4 aliphatic rings. The van der Waals surface area contributed by atoms with Crippen LogP contribution in [0.4, 0.5) is 10.5 Å². The van der Waals surface area contributed by atoms with Crippen LogP contribution in [0.2, 0.25) is 0 Å². The lowest BCUT2D eigenvalue weighted by Crippen LogP contribution is -2.56. The smallest absolute Gasteiger partial charge is 0.421 e. The predicted octanol–water partition coefficient (Wildman–Crippen LogP) is 6.75. The fourth-order valence-electron chi connectivity index (χ4n) is 8.28. The molecule has 0 radical (unpaired) electrons. The topological polar surface area (TPSA) is 65.1 Å². The van der Waals surface area contributed by atoms with Gasteiger partial charge in [0.05, 0.1) is 24.3 Å². The third-order valence-electron chi connectivity index (χ3n) is 10.7. The highest BCUT2D eigenvalue weighted by atomic mass is 16.7. The van der Waals surface area contributed by atoms with Crippen molar-refractivity contribution >= 4 is 17.7 Å². The number of hydrogen-bond donors (Lipinski definition) is 0. The number of imide groups is 1. The minimum atomic E-state index is -0.921. The fourth-order valence-corrected chi connectivity index (χ4v) is 8.28. The van der Waals surface area contributed by atoms with Crippen molar-refractivity contribution in [2.75, 3.05) is 18.1 Å². The monoisotopic (exact) mass is 531 g/mol. The Bertz CT molecular complexity index is 1260. The molecule has 2 aliphatic heterocycles. The zero-order valence-electron chi connectivity index (χ0n) is 23.9. The van der Waals surface area contributed by atoms with Crippen LogP contribution in [0.15, 0.2) is 54.6 Å². The Balaban J connectivity index is 1.34. The summed E-state index contributed by atoms with van der Waals surface area (Å²) in [6.07, 6.45) is 3.18. The first-order valence-corrected chi connectivity index (χ1v) is 14.5. The van der Waals surface area contributed by atoms with Crippen molar-refractivity contribution in [2.45, 2.75) is 89.4 Å². The summed E-state index contributed by atoms with van der Waals surface area (Å²) in [7, 11) is 0. The maximum atomic E-state index is 14.5. The number of rotatable bonds is 3. The van der Waals surface area contributed by atoms with E-state index >= 15 is 0 Å². The van der Waals surface area contributed by atoms with Crippen LogP contribution in [0.3, 0.4) is 0 Å². The number of carbonyl (C=O) groups excluding carboxylic acids is 2. The molecule has 2 heterocycles. The van der Waals surface area contributed by atoms with Gasteiger partial charge in [0.1, 0.15) is 6.10 Å². The summed E-state index contributed by atoms with van der Waals surface area (Å²) < 4.78 is 18.7. The molecule has 4 atom stereocenters. The molecule has 0 unspecified atom stereocenters. The van der Waals surface area contributed by atoms with E-state index in [0.717, 1.165) is 24.8 Å². The van der Waals surface area contributed by atoms with Gasteiger partial charge < -0.3 is 14.2 Å². The van der Waals surface area contributed by atoms with E-state index in [4.69, 9.17) is 14.2 Å². The Morgan fingerprint density at radius 2 is 1.64 bits per heavy atom. The number of hydrogen-bond acceptors (Lipinski definition) is 5. The summed E-state index contributed by atoms with van der Waals surface area (Å²) in [5, 5.41) is 0. The van der Waals surface area contributed by atoms with Crippen molar-refractivity contribution < 1.29 is 23.8 Å². The summed E-state index contributed by atoms with van der Waals surface area (Å²) in [6.45, 7) is 11.8. The van der Waals surface area contributed by atoms with Crippen molar-refractivity contribution in [2.24, 2.45) is 17.3 Å². The number of ether oxygens (including phenoxy) is 3. The van der Waals surface area contributed by atoms with Crippen LogP contribution >= 0.6 is 0 Å². The van der Waals surface area contributed by atoms with E-state index in [-0.39, 0.29) is 23.3 Å². The first-order chi connectivity index (χ1) is 18.6. The zero-order chi connectivity index (χ0) is 27.6. The van der Waals surface area contributed by atoms with Crippen LogP contribution in [0.25, 0.3) is 0 Å². The van der Waals surface area contributed by atoms with Crippen LogP contribution in [0.1, 0.15) is 77.8 Å². The SMILES string of the molecule is C[C@@H]1CC[C@@H](C(C)(C)c2ccccc2)[C@H](OC(=O)N2C(=O)[C@@]3(CCC4(OCCO4)C3(C)C)c3ccccc32)C1. The third-order valence-corrected chi connectivity index (χ3v) is 10.7. The van der Waals surface area contributed by atoms with Gasteiger partial charge in [0.2, 0.25) is 5.91 Å². The molecule has 3 fully saturated rings. The van der Waals surface area contributed by atoms with Crippen molar-refractivity contribution in [1.29, 1.82) is 0 Å². The van der Waals surface area contributed by atoms with E-state index in [2.05, 4.69) is 58.9 Å². The Hall–Kier alpha value is -2.70. The van der Waals surface area contributed by atoms with Gasteiger partial charge in [-0.2, -0.15) is 0 Å². The van der Waals surface area contributed by atoms with Crippen molar-refractivity contribution in [3.8, 4) is 0 Å². The Labute approximate surface area is 232 Å². The first kappa shape index (κ1) is 26.5. The number of anilines is 1. The lowest BCUT2D eigenvalue weighted by molar-refractivity contribution is -0.221. The summed E-state index contributed by atoms with van der Waals surface area (Å²) in [4.78, 5) is 29.9. The highest BCUT2D eigenvalue weighted by molar-refractivity contribution is 6.21. The van der Waals surface area contributed by atoms with Gasteiger partial charge in [-0.1, -0.05) is 89.6 Å². The van der Waals surface area contributed by atoms with E-state index in [1.54, 1.807) is 0 Å². The molecule has 0 aromatic heterocycles. The molecule has 1 saturated heterocycles. The largest absolute Gasteiger partial charge is 0.445 e. The molecule has 0 bridgehead atoms. The highest BCUT2D eigenvalue weighted by Crippen LogP contribution is 2.66. The van der Waals surface area contributed by atoms with Gasteiger partial charge in [0, 0.05) is 17.8 Å². The minimum absolute atomic E-state index is 0.147. The van der Waals surface area contributed by atoms with Gasteiger partial charge in [0.15, 0.2) is 5.79 Å². The van der Waals surface area contributed by atoms with Gasteiger partial charge in [-0.15, -0.1) is 0 Å². The molecule has 2 saturated carbocycles. The Morgan fingerprint density at radius 1 is 0.974 bits per heavy atom. The molecule has 2 amide bonds. The van der Waals surface area contributed by atoms with Crippen LogP contribution in [0, 0.1) is 17.3 Å². The number of nitrogens with zero attached hydrogens (tertiary/aromatic N) is 1. The highest BCUT2D eigenvalue weighted by Gasteiger charge is 2.73. The summed E-state index contributed by atoms with van der Waals surface area (Å²) in [6, 6.07) is 18.2. The molecule has 2 aliphatic carbocycles. The molecule has 6 heteroatoms. The van der Waals surface area contributed by atoms with E-state index in [0.29, 0.717) is 37.7 Å². The van der Waals surface area contributed by atoms with E-state index in [1.165, 1.54) is 10.5 Å². The quantitative estimate of drug-likeness (QED) is 0.438. The molecule has 2 spiro atoms. The van der Waals surface area contributed by atoms with Gasteiger partial charge >= 0.3 is 6.09 Å². The van der Waals surface area contributed by atoms with Crippen LogP contribution in [-0.2, 0) is 29.8 Å². The predicted molar refractivity (Wildman–Crippen MR) is 149 cm³/mol. The third kappa shape index (κ3) is 3.67. The second kappa shape index (κ2) is 9.17. The summed E-state index contributed by atoms with van der Waals surface area (Å²) in [5.41, 5.74) is 0.953. The molecule has 208 valence electrons. The number of para-hydroxylation sites is 1. The molecule has 6 rings (SSSR count). The van der Waals surface area contributed by atoms with Crippen molar-refractivity contribution in [3.63, 3.8) is 0 Å². The van der Waals surface area contributed by atoms with Crippen LogP contribution in [0.5, 0.6) is 0 Å². The second-order valence-corrected chi connectivity index (χ2v) is 13.2. The second-order valence-electron chi connectivity index (χ2n) is 13.2. The van der Waals surface area contributed by atoms with Crippen molar-refractivity contribution in [1.82, 2.24) is 0 Å². The van der Waals surface area contributed by atoms with Crippen molar-refractivity contribution in [3.05, 3.63) is 65.7 Å². The fraction of sp³-hybridized carbons (Fsp3) is 0.576. The molecule has 39 heavy (non-hydrogen) atoms. The van der Waals surface area contributed by atoms with Gasteiger partial charge in [0.25, 0.3) is 0 Å². The minimum Gasteiger partial charge on any atom is -0.445 e. The Morgan fingerprint density at radius 3 is 2.36 bits per heavy atom. The molecular formula is C33H41NO5. The molecular weight excluding hydrogens is 490 g/mol. The maximum Gasteiger partial charge on any atom is 0.421 e. The number of amides is 2. The first-order valence-electron chi connectivity index (χ1n) is 14.5. The lowest BCUT2D eigenvalue weighted by Gasteiger charge is -2.45. The van der Waals surface area contributed by atoms with Gasteiger partial charge in [-0.05, 0) is 47.8 Å². The average molecular weight is 532 g/mol. The van der Waals surface area contributed by atoms with Gasteiger partial charge in [-0.3, -0.25) is 4.79 Å². The average Bonchev–Trinajstić information content (AvgIpc) is 3.56. The maximum absolute atomic E-state index is 14.5. The van der Waals surface area contributed by atoms with E-state index < -0.39 is 22.7 Å². The number of benzene rings is 2. The van der Waals surface area contributed by atoms with Crippen LogP contribution in [-0.4, -0.2) is 37.1 Å². The summed E-state index contributed by atoms with van der Waals surface area (Å²) >= 11 is 0. The Kier molecular flexibility index (Phi) is 6.23. The number of fused-ring (bicyclic) bond motifs is 2. The molecule has 2 aromatic carbocycles. The molecule has 0 N–H and O–H groups in total. The number of carbonyl (C=O) groups is 2. The van der Waals surface area contributed by atoms with Gasteiger partial charge in [-0.25, -0.2) is 9.69 Å². The van der Waals surface area contributed by atoms with E-state index in [9.17, 15) is 9.59 Å². The lowest BCUT2D eigenvalue weighted by atomic mass is 9.63. The molecule has 2 aromatic rings. The normalized spacial score (nSPS) is 31.2. The molecule has 6 nitrogen and oxygen atoms in total. The van der Waals surface area contributed by atoms with Crippen LogP contribution < -0.4 is 4.90 Å². The standard InChI is InChI=1S/C33H41NO5/c1-22-15-16-25(30(2,3)23-11-7-6-8-12-23)27(21-22)39-29(36)34-26-14-10-9-13-24(26)32(28(34)35)17-18-33(31(32,4)5)37-19-20-38-33/h6-14,22,25,27H,15-21H2,1-5H3/t22-,25-,27-,32-/m1/s1.